The maximum Gasteiger partial charge on any atom is 0.126 e. The third-order valence-electron chi connectivity index (χ3n) is 4.20. The number of aromatic nitrogens is 2. The summed E-state index contributed by atoms with van der Waals surface area (Å²) in [5.74, 6) is 0.611. The highest BCUT2D eigenvalue weighted by Gasteiger charge is 2.17. The van der Waals surface area contributed by atoms with Crippen molar-refractivity contribution in [1.29, 1.82) is 0 Å². The van der Waals surface area contributed by atoms with Crippen LogP contribution in [0.1, 0.15) is 0 Å². The fourth-order valence-corrected chi connectivity index (χ4v) is 2.83. The molecule has 0 spiro atoms. The van der Waals surface area contributed by atoms with Gasteiger partial charge in [0.15, 0.2) is 0 Å². The number of nitrogens with one attached hydrogen (secondary N) is 1. The number of piperazine rings is 1. The summed E-state index contributed by atoms with van der Waals surface area (Å²) < 4.78 is 5.14. The molecular formula is C16H23N5O. The summed E-state index contributed by atoms with van der Waals surface area (Å²) in [4.78, 5) is 4.87. The van der Waals surface area contributed by atoms with Crippen molar-refractivity contribution in [2.75, 3.05) is 57.1 Å². The van der Waals surface area contributed by atoms with Crippen molar-refractivity contribution in [3.8, 4) is 11.1 Å². The molecule has 0 saturated carbocycles. The Morgan fingerprint density at radius 3 is 2.50 bits per heavy atom. The Hall–Kier alpha value is -2.05. The Labute approximate surface area is 130 Å². The summed E-state index contributed by atoms with van der Waals surface area (Å²) in [6.45, 7) is 6.09. The SMILES string of the molecule is COCCN1CCN(c2ccc(-c3cn[nH]c3N)cc2)CC1. The Morgan fingerprint density at radius 1 is 1.18 bits per heavy atom. The summed E-state index contributed by atoms with van der Waals surface area (Å²) in [6, 6.07) is 8.53. The monoisotopic (exact) mass is 301 g/mol. The van der Waals surface area contributed by atoms with E-state index in [1.807, 2.05) is 0 Å². The van der Waals surface area contributed by atoms with Crippen molar-refractivity contribution < 1.29 is 4.74 Å². The van der Waals surface area contributed by atoms with Gasteiger partial charge in [0.05, 0.1) is 12.8 Å². The van der Waals surface area contributed by atoms with Crippen molar-refractivity contribution in [3.63, 3.8) is 0 Å². The topological polar surface area (TPSA) is 70.4 Å². The predicted octanol–water partition coefficient (Wildman–Crippen LogP) is 1.43. The first-order valence-electron chi connectivity index (χ1n) is 7.63. The van der Waals surface area contributed by atoms with Gasteiger partial charge in [-0.3, -0.25) is 10.00 Å². The molecule has 6 nitrogen and oxygen atoms in total. The standard InChI is InChI=1S/C16H23N5O/c1-22-11-10-20-6-8-21(9-7-20)14-4-2-13(3-5-14)15-12-18-19-16(15)17/h2-5,12H,6-11H2,1H3,(H3,17,18,19). The van der Waals surface area contributed by atoms with Crippen LogP contribution in [0, 0.1) is 0 Å². The molecule has 1 saturated heterocycles. The fourth-order valence-electron chi connectivity index (χ4n) is 2.83. The van der Waals surface area contributed by atoms with Gasteiger partial charge in [-0.05, 0) is 17.7 Å². The van der Waals surface area contributed by atoms with E-state index in [1.54, 1.807) is 13.3 Å². The maximum atomic E-state index is 5.86. The van der Waals surface area contributed by atoms with Crippen LogP contribution in [0.3, 0.4) is 0 Å². The molecule has 1 aliphatic heterocycles. The second-order valence-electron chi connectivity index (χ2n) is 5.57. The van der Waals surface area contributed by atoms with Crippen LogP contribution in [0.2, 0.25) is 0 Å². The Kier molecular flexibility index (Phi) is 4.60. The molecule has 0 amide bonds. The van der Waals surface area contributed by atoms with Crippen LogP contribution in [0.15, 0.2) is 30.5 Å². The van der Waals surface area contributed by atoms with E-state index in [-0.39, 0.29) is 0 Å². The lowest BCUT2D eigenvalue weighted by Crippen LogP contribution is -2.47. The molecule has 22 heavy (non-hydrogen) atoms. The second-order valence-corrected chi connectivity index (χ2v) is 5.57. The number of hydrogen-bond donors (Lipinski definition) is 2. The average Bonchev–Trinajstić information content (AvgIpc) is 3.00. The van der Waals surface area contributed by atoms with E-state index in [2.05, 4.69) is 44.3 Å². The first-order chi connectivity index (χ1) is 10.8. The van der Waals surface area contributed by atoms with Gasteiger partial charge in [0.2, 0.25) is 0 Å². The minimum atomic E-state index is 0.611. The Balaban J connectivity index is 1.61. The molecule has 0 bridgehead atoms. The van der Waals surface area contributed by atoms with E-state index >= 15 is 0 Å². The number of aromatic amines is 1. The third-order valence-corrected chi connectivity index (χ3v) is 4.20. The van der Waals surface area contributed by atoms with Gasteiger partial charge in [-0.1, -0.05) is 12.1 Å². The summed E-state index contributed by atoms with van der Waals surface area (Å²) in [7, 11) is 1.75. The molecule has 118 valence electrons. The highest BCUT2D eigenvalue weighted by atomic mass is 16.5. The van der Waals surface area contributed by atoms with Gasteiger partial charge in [-0.15, -0.1) is 0 Å². The Morgan fingerprint density at radius 2 is 1.91 bits per heavy atom. The molecule has 0 aliphatic carbocycles. The lowest BCUT2D eigenvalue weighted by molar-refractivity contribution is 0.144. The second kappa shape index (κ2) is 6.81. The highest BCUT2D eigenvalue weighted by molar-refractivity contribution is 5.74. The normalized spacial score (nSPS) is 16.1. The number of H-pyrrole nitrogens is 1. The van der Waals surface area contributed by atoms with E-state index < -0.39 is 0 Å². The largest absolute Gasteiger partial charge is 0.384 e. The minimum absolute atomic E-state index is 0.611. The van der Waals surface area contributed by atoms with Gasteiger partial charge >= 0.3 is 0 Å². The molecule has 0 unspecified atom stereocenters. The van der Waals surface area contributed by atoms with Crippen LogP contribution in [-0.2, 0) is 4.74 Å². The first-order valence-corrected chi connectivity index (χ1v) is 7.63. The summed E-state index contributed by atoms with van der Waals surface area (Å²) in [5.41, 5.74) is 9.17. The van der Waals surface area contributed by atoms with Crippen molar-refractivity contribution in [3.05, 3.63) is 30.5 Å². The van der Waals surface area contributed by atoms with Gasteiger partial charge in [0, 0.05) is 51.1 Å². The first kappa shape index (κ1) is 14.9. The molecule has 6 heteroatoms. The van der Waals surface area contributed by atoms with Crippen LogP contribution < -0.4 is 10.6 Å². The zero-order valence-corrected chi connectivity index (χ0v) is 13.0. The summed E-state index contributed by atoms with van der Waals surface area (Å²) in [5, 5.41) is 6.74. The lowest BCUT2D eigenvalue weighted by Gasteiger charge is -2.36. The number of anilines is 2. The lowest BCUT2D eigenvalue weighted by atomic mass is 10.1. The molecule has 1 fully saturated rings. The zero-order chi connectivity index (χ0) is 15.4. The molecule has 1 aromatic heterocycles. The fraction of sp³-hybridized carbons (Fsp3) is 0.438. The van der Waals surface area contributed by atoms with Crippen LogP contribution >= 0.6 is 0 Å². The molecule has 0 radical (unpaired) electrons. The number of nitrogens with two attached hydrogens (primary N) is 1. The Bertz CT molecular complexity index is 587. The van der Waals surface area contributed by atoms with Crippen LogP contribution in [-0.4, -0.2) is 61.5 Å². The van der Waals surface area contributed by atoms with Gasteiger partial charge < -0.3 is 15.4 Å². The average molecular weight is 301 g/mol. The van der Waals surface area contributed by atoms with Gasteiger partial charge in [0.25, 0.3) is 0 Å². The molecular weight excluding hydrogens is 278 g/mol. The van der Waals surface area contributed by atoms with Crippen molar-refractivity contribution in [2.45, 2.75) is 0 Å². The van der Waals surface area contributed by atoms with E-state index in [1.165, 1.54) is 5.69 Å². The van der Waals surface area contributed by atoms with Crippen molar-refractivity contribution in [2.24, 2.45) is 0 Å². The molecule has 2 heterocycles. The number of ether oxygens (including phenoxy) is 1. The summed E-state index contributed by atoms with van der Waals surface area (Å²) >= 11 is 0. The van der Waals surface area contributed by atoms with E-state index in [0.717, 1.165) is 50.5 Å². The smallest absolute Gasteiger partial charge is 0.126 e. The van der Waals surface area contributed by atoms with Gasteiger partial charge in [-0.2, -0.15) is 5.10 Å². The molecule has 3 rings (SSSR count). The third kappa shape index (κ3) is 3.23. The maximum absolute atomic E-state index is 5.86. The van der Waals surface area contributed by atoms with Gasteiger partial charge in [0.1, 0.15) is 5.82 Å². The number of benzene rings is 1. The van der Waals surface area contributed by atoms with E-state index in [0.29, 0.717) is 5.82 Å². The van der Waals surface area contributed by atoms with Crippen LogP contribution in [0.25, 0.3) is 11.1 Å². The zero-order valence-electron chi connectivity index (χ0n) is 13.0. The number of nitrogen functional groups attached to an aromatic ring is 1. The molecule has 3 N–H and O–H groups in total. The van der Waals surface area contributed by atoms with Crippen molar-refractivity contribution >= 4 is 11.5 Å². The van der Waals surface area contributed by atoms with E-state index in [9.17, 15) is 0 Å². The predicted molar refractivity (Wildman–Crippen MR) is 89.0 cm³/mol. The molecule has 2 aromatic rings. The number of hydrogen-bond acceptors (Lipinski definition) is 5. The van der Waals surface area contributed by atoms with Crippen molar-refractivity contribution in [1.82, 2.24) is 15.1 Å². The number of nitrogens with zero attached hydrogens (tertiary/aromatic N) is 3. The summed E-state index contributed by atoms with van der Waals surface area (Å²) in [6.07, 6.45) is 1.76. The number of rotatable bonds is 5. The van der Waals surface area contributed by atoms with Crippen LogP contribution in [0.5, 0.6) is 0 Å². The van der Waals surface area contributed by atoms with Gasteiger partial charge in [-0.25, -0.2) is 0 Å². The quantitative estimate of drug-likeness (QED) is 0.874. The molecule has 1 aliphatic rings. The number of methoxy groups -OCH3 is 1. The minimum Gasteiger partial charge on any atom is -0.384 e. The molecule has 1 aromatic carbocycles. The molecule has 0 atom stereocenters. The highest BCUT2D eigenvalue weighted by Crippen LogP contribution is 2.26. The van der Waals surface area contributed by atoms with Crippen LogP contribution in [0.4, 0.5) is 11.5 Å². The van der Waals surface area contributed by atoms with E-state index in [4.69, 9.17) is 10.5 Å².